The highest BCUT2D eigenvalue weighted by atomic mass is 32.2. The molecule has 2 aromatic carbocycles. The average molecular weight is 441 g/mol. The Morgan fingerprint density at radius 1 is 1.19 bits per heavy atom. The van der Waals surface area contributed by atoms with Crippen molar-refractivity contribution in [3.8, 4) is 5.75 Å². The number of amides is 1. The molecule has 1 aliphatic heterocycles. The lowest BCUT2D eigenvalue weighted by Crippen LogP contribution is -2.33. The number of carbonyl (C=O) groups is 1. The number of nitrogens with zero attached hydrogens (tertiary/aromatic N) is 3. The van der Waals surface area contributed by atoms with Crippen LogP contribution in [0.25, 0.3) is 0 Å². The first-order valence-corrected chi connectivity index (χ1v) is 11.5. The second-order valence-corrected chi connectivity index (χ2v) is 9.00. The van der Waals surface area contributed by atoms with E-state index in [1.165, 1.54) is 13.0 Å². The minimum atomic E-state index is -3.78. The number of sulfonamides is 1. The van der Waals surface area contributed by atoms with Gasteiger partial charge in [0.05, 0.1) is 17.1 Å². The lowest BCUT2D eigenvalue weighted by atomic mass is 10.0. The van der Waals surface area contributed by atoms with E-state index in [1.54, 1.807) is 52.2 Å². The summed E-state index contributed by atoms with van der Waals surface area (Å²) in [5.41, 5.74) is 2.06. The van der Waals surface area contributed by atoms with E-state index in [2.05, 4.69) is 9.82 Å². The molecule has 0 atom stereocenters. The molecule has 9 heteroatoms. The van der Waals surface area contributed by atoms with Gasteiger partial charge in [0.25, 0.3) is 10.0 Å². The highest BCUT2D eigenvalue weighted by Gasteiger charge is 2.23. The number of fused-ring (bicyclic) bond motifs is 1. The van der Waals surface area contributed by atoms with Crippen LogP contribution in [0.4, 0.5) is 11.4 Å². The summed E-state index contributed by atoms with van der Waals surface area (Å²) in [6, 6.07) is 13.6. The van der Waals surface area contributed by atoms with Gasteiger partial charge in [-0.3, -0.25) is 14.2 Å². The van der Waals surface area contributed by atoms with E-state index < -0.39 is 10.0 Å². The van der Waals surface area contributed by atoms with Crippen molar-refractivity contribution in [2.24, 2.45) is 0 Å². The van der Waals surface area contributed by atoms with Crippen molar-refractivity contribution >= 4 is 27.3 Å². The number of ether oxygens (including phenoxy) is 1. The number of carbonyl (C=O) groups excluding carboxylic acids is 1. The van der Waals surface area contributed by atoms with E-state index in [0.29, 0.717) is 31.1 Å². The molecular formula is C22H24N4O4S. The first-order chi connectivity index (χ1) is 14.9. The molecule has 0 saturated carbocycles. The first kappa shape index (κ1) is 20.9. The van der Waals surface area contributed by atoms with Gasteiger partial charge >= 0.3 is 0 Å². The van der Waals surface area contributed by atoms with Crippen LogP contribution >= 0.6 is 0 Å². The van der Waals surface area contributed by atoms with Gasteiger partial charge in [0.2, 0.25) is 5.91 Å². The van der Waals surface area contributed by atoms with Gasteiger partial charge in [-0.25, -0.2) is 8.42 Å². The third-order valence-corrected chi connectivity index (χ3v) is 6.47. The van der Waals surface area contributed by atoms with Crippen LogP contribution < -0.4 is 14.4 Å². The quantitative estimate of drug-likeness (QED) is 0.609. The average Bonchev–Trinajstić information content (AvgIpc) is 3.26. The van der Waals surface area contributed by atoms with E-state index in [-0.39, 0.29) is 10.8 Å². The van der Waals surface area contributed by atoms with Gasteiger partial charge in [0, 0.05) is 37.6 Å². The van der Waals surface area contributed by atoms with Crippen molar-refractivity contribution in [1.82, 2.24) is 9.78 Å². The third kappa shape index (κ3) is 4.88. The predicted molar refractivity (Wildman–Crippen MR) is 118 cm³/mol. The molecule has 1 aromatic heterocycles. The molecular weight excluding hydrogens is 416 g/mol. The van der Waals surface area contributed by atoms with E-state index in [1.807, 2.05) is 12.3 Å². The van der Waals surface area contributed by atoms with Crippen LogP contribution in [0.1, 0.15) is 18.9 Å². The predicted octanol–water partition coefficient (Wildman–Crippen LogP) is 3.06. The Hall–Kier alpha value is -3.33. The smallest absolute Gasteiger partial charge is 0.261 e. The van der Waals surface area contributed by atoms with Crippen molar-refractivity contribution < 1.29 is 17.9 Å². The van der Waals surface area contributed by atoms with Crippen molar-refractivity contribution in [2.45, 2.75) is 31.2 Å². The summed E-state index contributed by atoms with van der Waals surface area (Å²) in [6.07, 6.45) is 5.10. The maximum atomic E-state index is 12.9. The topological polar surface area (TPSA) is 93.5 Å². The number of anilines is 2. The Morgan fingerprint density at radius 2 is 2.06 bits per heavy atom. The fourth-order valence-electron chi connectivity index (χ4n) is 3.62. The SMILES string of the molecule is CC(=O)N1CCCc2cc(S(=O)(=O)Nc3cccc(OCCn4cccn4)c3)ccc21. The first-order valence-electron chi connectivity index (χ1n) is 10.1. The molecule has 1 aliphatic rings. The van der Waals surface area contributed by atoms with E-state index in [9.17, 15) is 13.2 Å². The molecule has 162 valence electrons. The van der Waals surface area contributed by atoms with Gasteiger partial charge in [-0.2, -0.15) is 5.10 Å². The summed E-state index contributed by atoms with van der Waals surface area (Å²) < 4.78 is 36.0. The standard InChI is InChI=1S/C22H24N4O4S/c1-17(27)26-12-3-5-18-15-21(8-9-22(18)26)31(28,29)24-19-6-2-7-20(16-19)30-14-13-25-11-4-10-23-25/h2,4,6-11,15-16,24H,3,5,12-14H2,1H3. The van der Waals surface area contributed by atoms with Gasteiger partial charge in [-0.05, 0) is 54.8 Å². The minimum absolute atomic E-state index is 0.0425. The fraction of sp³-hybridized carbons (Fsp3) is 0.273. The number of hydrogen-bond acceptors (Lipinski definition) is 5. The van der Waals surface area contributed by atoms with Gasteiger partial charge in [-0.1, -0.05) is 6.07 Å². The number of rotatable bonds is 7. The Morgan fingerprint density at radius 3 is 2.84 bits per heavy atom. The summed E-state index contributed by atoms with van der Waals surface area (Å²) in [6.45, 7) is 3.18. The van der Waals surface area contributed by atoms with Crippen LogP contribution in [-0.2, 0) is 27.8 Å². The summed E-state index contributed by atoms with van der Waals surface area (Å²) in [4.78, 5) is 13.7. The molecule has 0 fully saturated rings. The van der Waals surface area contributed by atoms with Crippen LogP contribution in [0.3, 0.4) is 0 Å². The van der Waals surface area contributed by atoms with Crippen molar-refractivity contribution in [3.63, 3.8) is 0 Å². The Labute approximate surface area is 181 Å². The van der Waals surface area contributed by atoms with Crippen molar-refractivity contribution in [1.29, 1.82) is 0 Å². The molecule has 0 unspecified atom stereocenters. The maximum Gasteiger partial charge on any atom is 0.261 e. The minimum Gasteiger partial charge on any atom is -0.492 e. The van der Waals surface area contributed by atoms with Gasteiger partial charge in [0.1, 0.15) is 12.4 Å². The van der Waals surface area contributed by atoms with Crippen LogP contribution in [0.15, 0.2) is 65.8 Å². The van der Waals surface area contributed by atoms with E-state index >= 15 is 0 Å². The highest BCUT2D eigenvalue weighted by molar-refractivity contribution is 7.92. The molecule has 0 aliphatic carbocycles. The van der Waals surface area contributed by atoms with Crippen LogP contribution in [0.5, 0.6) is 5.75 Å². The second kappa shape index (κ2) is 8.81. The van der Waals surface area contributed by atoms with Crippen LogP contribution in [0, 0.1) is 0 Å². The third-order valence-electron chi connectivity index (χ3n) is 5.09. The van der Waals surface area contributed by atoms with Gasteiger partial charge in [0.15, 0.2) is 0 Å². The molecule has 0 radical (unpaired) electrons. The molecule has 3 aromatic rings. The number of aromatic nitrogens is 2. The number of hydrogen-bond donors (Lipinski definition) is 1. The van der Waals surface area contributed by atoms with Crippen molar-refractivity contribution in [2.75, 3.05) is 22.8 Å². The van der Waals surface area contributed by atoms with Crippen molar-refractivity contribution in [3.05, 3.63) is 66.5 Å². The molecule has 2 heterocycles. The maximum absolute atomic E-state index is 12.9. The van der Waals surface area contributed by atoms with E-state index in [4.69, 9.17) is 4.74 Å². The molecule has 31 heavy (non-hydrogen) atoms. The summed E-state index contributed by atoms with van der Waals surface area (Å²) >= 11 is 0. The molecule has 0 bridgehead atoms. The van der Waals surface area contributed by atoms with E-state index in [0.717, 1.165) is 24.1 Å². The van der Waals surface area contributed by atoms with Gasteiger partial charge in [-0.15, -0.1) is 0 Å². The van der Waals surface area contributed by atoms with Gasteiger partial charge < -0.3 is 9.64 Å². The zero-order chi connectivity index (χ0) is 21.8. The second-order valence-electron chi connectivity index (χ2n) is 7.32. The number of benzene rings is 2. The fourth-order valence-corrected chi connectivity index (χ4v) is 4.72. The van der Waals surface area contributed by atoms with Crippen LogP contribution in [0.2, 0.25) is 0 Å². The largest absolute Gasteiger partial charge is 0.492 e. The molecule has 0 spiro atoms. The number of nitrogens with one attached hydrogen (secondary N) is 1. The van der Waals surface area contributed by atoms with Crippen LogP contribution in [-0.4, -0.2) is 37.3 Å². The summed E-state index contributed by atoms with van der Waals surface area (Å²) in [5.74, 6) is 0.522. The zero-order valence-corrected chi connectivity index (χ0v) is 18.0. The molecule has 0 saturated heterocycles. The monoisotopic (exact) mass is 440 g/mol. The summed E-state index contributed by atoms with van der Waals surface area (Å²) in [5, 5.41) is 4.12. The molecule has 1 amide bonds. The Balaban J connectivity index is 1.47. The zero-order valence-electron chi connectivity index (χ0n) is 17.2. The normalized spacial score (nSPS) is 13.5. The highest BCUT2D eigenvalue weighted by Crippen LogP contribution is 2.30. The lowest BCUT2D eigenvalue weighted by Gasteiger charge is -2.28. The number of aryl methyl sites for hydroxylation is 1. The molecule has 4 rings (SSSR count). The summed E-state index contributed by atoms with van der Waals surface area (Å²) in [7, 11) is -3.78. The molecule has 8 nitrogen and oxygen atoms in total. The Kier molecular flexibility index (Phi) is 5.94. The Bertz CT molecular complexity index is 1180. The molecule has 1 N–H and O–H groups in total. The lowest BCUT2D eigenvalue weighted by molar-refractivity contribution is -0.116.